The second-order valence-corrected chi connectivity index (χ2v) is 4.62. The molecule has 18 heavy (non-hydrogen) atoms. The van der Waals surface area contributed by atoms with E-state index in [1.807, 2.05) is 7.05 Å². The number of hydrogen-bond donors (Lipinski definition) is 1. The van der Waals surface area contributed by atoms with E-state index in [-0.39, 0.29) is 11.9 Å². The van der Waals surface area contributed by atoms with Gasteiger partial charge in [-0.15, -0.1) is 0 Å². The SMILES string of the molecule is CN1CCO[C@@H](CNCc2cc(F)ccc2F)C1. The minimum Gasteiger partial charge on any atom is -0.374 e. The summed E-state index contributed by atoms with van der Waals surface area (Å²) in [6.45, 7) is 3.47. The van der Waals surface area contributed by atoms with E-state index in [0.29, 0.717) is 18.7 Å². The molecule has 1 saturated heterocycles. The Morgan fingerprint density at radius 2 is 2.28 bits per heavy atom. The van der Waals surface area contributed by atoms with Gasteiger partial charge in [-0.05, 0) is 25.2 Å². The van der Waals surface area contributed by atoms with Crippen LogP contribution in [-0.2, 0) is 11.3 Å². The van der Waals surface area contributed by atoms with Crippen LogP contribution < -0.4 is 5.32 Å². The summed E-state index contributed by atoms with van der Waals surface area (Å²) in [4.78, 5) is 2.19. The molecule has 100 valence electrons. The van der Waals surface area contributed by atoms with Gasteiger partial charge < -0.3 is 15.0 Å². The summed E-state index contributed by atoms with van der Waals surface area (Å²) in [5.74, 6) is -0.799. The highest BCUT2D eigenvalue weighted by Gasteiger charge is 2.17. The van der Waals surface area contributed by atoms with E-state index in [2.05, 4.69) is 10.2 Å². The Balaban J connectivity index is 1.79. The third-order valence-corrected chi connectivity index (χ3v) is 3.04. The first-order valence-corrected chi connectivity index (χ1v) is 6.10. The lowest BCUT2D eigenvalue weighted by Gasteiger charge is -2.30. The van der Waals surface area contributed by atoms with E-state index in [1.165, 1.54) is 6.07 Å². The molecule has 1 atom stereocenters. The van der Waals surface area contributed by atoms with Gasteiger partial charge in [-0.2, -0.15) is 0 Å². The summed E-state index contributed by atoms with van der Waals surface area (Å²) >= 11 is 0. The number of nitrogens with zero attached hydrogens (tertiary/aromatic N) is 1. The molecule has 1 aliphatic rings. The Bertz CT molecular complexity index is 401. The highest BCUT2D eigenvalue weighted by molar-refractivity contribution is 5.18. The zero-order chi connectivity index (χ0) is 13.0. The number of morpholine rings is 1. The van der Waals surface area contributed by atoms with Gasteiger partial charge in [-0.3, -0.25) is 0 Å². The van der Waals surface area contributed by atoms with E-state index < -0.39 is 5.82 Å². The lowest BCUT2D eigenvalue weighted by molar-refractivity contribution is -0.0182. The molecule has 1 heterocycles. The molecular formula is C13H18F2N2O. The lowest BCUT2D eigenvalue weighted by atomic mass is 10.2. The summed E-state index contributed by atoms with van der Waals surface area (Å²) in [6, 6.07) is 3.49. The van der Waals surface area contributed by atoms with Crippen LogP contribution in [0.3, 0.4) is 0 Å². The van der Waals surface area contributed by atoms with Crippen molar-refractivity contribution in [3.05, 3.63) is 35.4 Å². The number of hydrogen-bond acceptors (Lipinski definition) is 3. The molecule has 0 spiro atoms. The summed E-state index contributed by atoms with van der Waals surface area (Å²) in [5, 5.41) is 3.10. The van der Waals surface area contributed by atoms with Crippen LogP contribution in [-0.4, -0.2) is 44.3 Å². The molecule has 1 aliphatic heterocycles. The minimum atomic E-state index is -0.415. The Morgan fingerprint density at radius 1 is 1.44 bits per heavy atom. The Kier molecular flexibility index (Phi) is 4.63. The molecule has 5 heteroatoms. The van der Waals surface area contributed by atoms with E-state index in [0.717, 1.165) is 31.8 Å². The van der Waals surface area contributed by atoms with Crippen LogP contribution in [0, 0.1) is 11.6 Å². The third kappa shape index (κ3) is 3.73. The van der Waals surface area contributed by atoms with Gasteiger partial charge in [0.15, 0.2) is 0 Å². The van der Waals surface area contributed by atoms with Crippen molar-refractivity contribution in [2.75, 3.05) is 33.3 Å². The van der Waals surface area contributed by atoms with Crippen LogP contribution in [0.2, 0.25) is 0 Å². The van der Waals surface area contributed by atoms with Crippen molar-refractivity contribution in [3.8, 4) is 0 Å². The molecule has 0 saturated carbocycles. The highest BCUT2D eigenvalue weighted by atomic mass is 19.1. The molecule has 0 radical (unpaired) electrons. The summed E-state index contributed by atoms with van der Waals surface area (Å²) in [7, 11) is 2.04. The van der Waals surface area contributed by atoms with Crippen molar-refractivity contribution < 1.29 is 13.5 Å². The highest BCUT2D eigenvalue weighted by Crippen LogP contribution is 2.09. The fourth-order valence-corrected chi connectivity index (χ4v) is 2.04. The van der Waals surface area contributed by atoms with Crippen molar-refractivity contribution in [1.82, 2.24) is 10.2 Å². The third-order valence-electron chi connectivity index (χ3n) is 3.04. The molecule has 0 unspecified atom stereocenters. The second-order valence-electron chi connectivity index (χ2n) is 4.62. The van der Waals surface area contributed by atoms with Gasteiger partial charge >= 0.3 is 0 Å². The number of benzene rings is 1. The summed E-state index contributed by atoms with van der Waals surface area (Å²) in [6.07, 6.45) is 0.111. The average molecular weight is 256 g/mol. The zero-order valence-electron chi connectivity index (χ0n) is 10.5. The van der Waals surface area contributed by atoms with Crippen LogP contribution in [0.25, 0.3) is 0 Å². The van der Waals surface area contributed by atoms with Gasteiger partial charge in [0, 0.05) is 31.7 Å². The molecular weight excluding hydrogens is 238 g/mol. The predicted octanol–water partition coefficient (Wildman–Crippen LogP) is 1.38. The molecule has 0 amide bonds. The first-order chi connectivity index (χ1) is 8.65. The standard InChI is InChI=1S/C13H18F2N2O/c1-17-4-5-18-12(9-17)8-16-7-10-6-11(14)2-3-13(10)15/h2-3,6,12,16H,4-5,7-9H2,1H3/t12-/m0/s1. The van der Waals surface area contributed by atoms with Crippen LogP contribution in [0.15, 0.2) is 18.2 Å². The van der Waals surface area contributed by atoms with Crippen molar-refractivity contribution in [3.63, 3.8) is 0 Å². The van der Waals surface area contributed by atoms with Crippen LogP contribution in [0.5, 0.6) is 0 Å². The number of halogens is 2. The molecule has 1 aromatic carbocycles. The largest absolute Gasteiger partial charge is 0.374 e. The van der Waals surface area contributed by atoms with E-state index in [4.69, 9.17) is 4.74 Å². The maximum atomic E-state index is 13.4. The molecule has 0 aromatic heterocycles. The quantitative estimate of drug-likeness (QED) is 0.881. The number of nitrogens with one attached hydrogen (secondary N) is 1. The van der Waals surface area contributed by atoms with Gasteiger partial charge in [0.25, 0.3) is 0 Å². The Hall–Kier alpha value is -1.04. The normalized spacial score (nSPS) is 21.2. The van der Waals surface area contributed by atoms with E-state index in [1.54, 1.807) is 0 Å². The molecule has 1 aromatic rings. The van der Waals surface area contributed by atoms with Crippen LogP contribution in [0.4, 0.5) is 8.78 Å². The molecule has 0 aliphatic carbocycles. The topological polar surface area (TPSA) is 24.5 Å². The number of likely N-dealkylation sites (N-methyl/N-ethyl adjacent to an activating group) is 1. The molecule has 1 N–H and O–H groups in total. The van der Waals surface area contributed by atoms with Gasteiger partial charge in [0.05, 0.1) is 12.7 Å². The average Bonchev–Trinajstić information content (AvgIpc) is 2.34. The monoisotopic (exact) mass is 256 g/mol. The van der Waals surface area contributed by atoms with E-state index >= 15 is 0 Å². The van der Waals surface area contributed by atoms with Crippen molar-refractivity contribution in [1.29, 1.82) is 0 Å². The van der Waals surface area contributed by atoms with Gasteiger partial charge in [-0.25, -0.2) is 8.78 Å². The minimum absolute atomic E-state index is 0.111. The Labute approximate surface area is 106 Å². The van der Waals surface area contributed by atoms with Crippen molar-refractivity contribution >= 4 is 0 Å². The van der Waals surface area contributed by atoms with Crippen LogP contribution in [0.1, 0.15) is 5.56 Å². The molecule has 1 fully saturated rings. The maximum Gasteiger partial charge on any atom is 0.127 e. The summed E-state index contributed by atoms with van der Waals surface area (Å²) < 4.78 is 31.9. The second kappa shape index (κ2) is 6.22. The number of ether oxygens (including phenoxy) is 1. The van der Waals surface area contributed by atoms with Gasteiger partial charge in [-0.1, -0.05) is 0 Å². The van der Waals surface area contributed by atoms with E-state index in [9.17, 15) is 8.78 Å². The first-order valence-electron chi connectivity index (χ1n) is 6.10. The smallest absolute Gasteiger partial charge is 0.127 e. The molecule has 0 bridgehead atoms. The predicted molar refractivity (Wildman–Crippen MR) is 65.3 cm³/mol. The Morgan fingerprint density at radius 3 is 3.06 bits per heavy atom. The molecule has 3 nitrogen and oxygen atoms in total. The fraction of sp³-hybridized carbons (Fsp3) is 0.538. The lowest BCUT2D eigenvalue weighted by Crippen LogP contribution is -2.44. The maximum absolute atomic E-state index is 13.4. The first kappa shape index (κ1) is 13.4. The van der Waals surface area contributed by atoms with Crippen LogP contribution >= 0.6 is 0 Å². The number of rotatable bonds is 4. The van der Waals surface area contributed by atoms with Gasteiger partial charge in [0.2, 0.25) is 0 Å². The fourth-order valence-electron chi connectivity index (χ4n) is 2.04. The van der Waals surface area contributed by atoms with Crippen molar-refractivity contribution in [2.24, 2.45) is 0 Å². The molecule has 2 rings (SSSR count). The summed E-state index contributed by atoms with van der Waals surface area (Å²) in [5.41, 5.74) is 0.346. The zero-order valence-corrected chi connectivity index (χ0v) is 10.5. The van der Waals surface area contributed by atoms with Crippen molar-refractivity contribution in [2.45, 2.75) is 12.6 Å². The van der Waals surface area contributed by atoms with Gasteiger partial charge in [0.1, 0.15) is 11.6 Å².